The van der Waals surface area contributed by atoms with Gasteiger partial charge in [0.2, 0.25) is 0 Å². The van der Waals surface area contributed by atoms with Crippen molar-refractivity contribution >= 4 is 29.9 Å². The number of ether oxygens (including phenoxy) is 2. The molecule has 32 heavy (non-hydrogen) atoms. The molecule has 2 atom stereocenters. The number of nitrogens with zero attached hydrogens (tertiary/aromatic N) is 2. The van der Waals surface area contributed by atoms with E-state index < -0.39 is 0 Å². The number of hydrogen-bond donors (Lipinski definition) is 2. The Morgan fingerprint density at radius 1 is 1.12 bits per heavy atom. The fraction of sp³-hybridized carbons (Fsp3) is 0.542. The number of halogens is 1. The molecule has 0 amide bonds. The zero-order chi connectivity index (χ0) is 21.9. The van der Waals surface area contributed by atoms with Crippen LogP contribution in [0.1, 0.15) is 42.6 Å². The van der Waals surface area contributed by atoms with Gasteiger partial charge in [-0.15, -0.1) is 24.0 Å². The third-order valence-corrected chi connectivity index (χ3v) is 5.51. The summed E-state index contributed by atoms with van der Waals surface area (Å²) in [5, 5.41) is 6.84. The second kappa shape index (κ2) is 14.5. The maximum atomic E-state index is 5.95. The van der Waals surface area contributed by atoms with Crippen molar-refractivity contribution in [1.82, 2.24) is 15.5 Å². The number of aliphatic imine (C=N–C) groups is 1. The molecule has 1 aliphatic heterocycles. The topological polar surface area (TPSA) is 71.3 Å². The van der Waals surface area contributed by atoms with E-state index in [2.05, 4.69) is 45.6 Å². The summed E-state index contributed by atoms with van der Waals surface area (Å²) in [5.41, 5.74) is 1.20. The Balaban J connectivity index is 0.00000363. The lowest BCUT2D eigenvalue weighted by Gasteiger charge is -2.33. The van der Waals surface area contributed by atoms with Crippen LogP contribution in [-0.4, -0.2) is 63.9 Å². The van der Waals surface area contributed by atoms with Crippen LogP contribution in [0.2, 0.25) is 0 Å². The lowest BCUT2D eigenvalue weighted by Crippen LogP contribution is -2.46. The van der Waals surface area contributed by atoms with Gasteiger partial charge in [0.25, 0.3) is 0 Å². The van der Waals surface area contributed by atoms with Gasteiger partial charge in [-0.1, -0.05) is 30.3 Å². The van der Waals surface area contributed by atoms with Crippen molar-refractivity contribution in [2.24, 2.45) is 4.99 Å². The van der Waals surface area contributed by atoms with E-state index in [0.717, 1.165) is 56.7 Å². The number of benzene rings is 1. The molecule has 8 heteroatoms. The third-order valence-electron chi connectivity index (χ3n) is 5.51. The van der Waals surface area contributed by atoms with E-state index in [9.17, 15) is 0 Å². The van der Waals surface area contributed by atoms with Gasteiger partial charge in [-0.05, 0) is 38.0 Å². The number of rotatable bonds is 10. The molecule has 1 aliphatic rings. The predicted octanol–water partition coefficient (Wildman–Crippen LogP) is 3.91. The minimum Gasteiger partial charge on any atom is -0.465 e. The van der Waals surface area contributed by atoms with Crippen molar-refractivity contribution in [3.05, 3.63) is 59.5 Å². The summed E-state index contributed by atoms with van der Waals surface area (Å²) in [6, 6.07) is 14.5. The summed E-state index contributed by atoms with van der Waals surface area (Å²) >= 11 is 0. The maximum Gasteiger partial charge on any atom is 0.191 e. The minimum absolute atomic E-state index is 0. The molecule has 1 fully saturated rings. The van der Waals surface area contributed by atoms with E-state index in [1.54, 1.807) is 7.05 Å². The molecule has 1 aromatic carbocycles. The first-order valence-electron chi connectivity index (χ1n) is 11.2. The first kappa shape index (κ1) is 26.6. The molecule has 2 heterocycles. The number of hydrogen-bond acceptors (Lipinski definition) is 5. The summed E-state index contributed by atoms with van der Waals surface area (Å²) in [4.78, 5) is 6.77. The number of furan rings is 1. The summed E-state index contributed by atoms with van der Waals surface area (Å²) in [7, 11) is 1.80. The van der Waals surface area contributed by atoms with Gasteiger partial charge >= 0.3 is 0 Å². The van der Waals surface area contributed by atoms with Gasteiger partial charge in [0.1, 0.15) is 11.5 Å². The lowest BCUT2D eigenvalue weighted by atomic mass is 10.1. The monoisotopic (exact) mass is 556 g/mol. The number of guanidine groups is 1. The van der Waals surface area contributed by atoms with Crippen LogP contribution in [0.4, 0.5) is 0 Å². The minimum atomic E-state index is 0. The highest BCUT2D eigenvalue weighted by Gasteiger charge is 2.25. The van der Waals surface area contributed by atoms with Gasteiger partial charge < -0.3 is 24.5 Å². The fourth-order valence-corrected chi connectivity index (χ4v) is 3.70. The molecular weight excluding hydrogens is 519 g/mol. The predicted molar refractivity (Wildman–Crippen MR) is 139 cm³/mol. The maximum absolute atomic E-state index is 5.95. The second-order valence-electron chi connectivity index (χ2n) is 7.77. The molecule has 2 N–H and O–H groups in total. The summed E-state index contributed by atoms with van der Waals surface area (Å²) in [6.45, 7) is 9.58. The molecular formula is C24H37IN4O3. The summed E-state index contributed by atoms with van der Waals surface area (Å²) < 4.78 is 17.4. The Hall–Kier alpha value is -1.62. The summed E-state index contributed by atoms with van der Waals surface area (Å²) in [5.74, 6) is 2.70. The molecule has 2 aromatic rings. The summed E-state index contributed by atoms with van der Waals surface area (Å²) in [6.07, 6.45) is 1.01. The molecule has 178 valence electrons. The normalized spacial score (nSPS) is 16.8. The highest BCUT2D eigenvalue weighted by Crippen LogP contribution is 2.23. The molecule has 0 radical (unpaired) electrons. The number of nitrogens with one attached hydrogen (secondary N) is 2. The van der Waals surface area contributed by atoms with E-state index in [0.29, 0.717) is 13.2 Å². The SMILES string of the molecule is CN=C(NCCCOC(C)c1ccccc1)NCC(c1ccc(C)o1)N1CCOCC1.I. The zero-order valence-electron chi connectivity index (χ0n) is 19.4. The quantitative estimate of drug-likeness (QED) is 0.200. The van der Waals surface area contributed by atoms with Crippen LogP contribution >= 0.6 is 24.0 Å². The standard InChI is InChI=1S/C24H36N4O3.HI/c1-19-10-11-23(31-19)22(28-13-16-29-17-14-28)18-27-24(25-3)26-12-7-15-30-20(2)21-8-5-4-6-9-21;/h4-6,8-11,20,22H,7,12-18H2,1-3H3,(H2,25,26,27);1H. The molecule has 0 spiro atoms. The number of morpholine rings is 1. The third kappa shape index (κ3) is 8.38. The average molecular weight is 556 g/mol. The Morgan fingerprint density at radius 2 is 1.88 bits per heavy atom. The second-order valence-corrected chi connectivity index (χ2v) is 7.77. The van der Waals surface area contributed by atoms with Crippen molar-refractivity contribution in [3.63, 3.8) is 0 Å². The van der Waals surface area contributed by atoms with Gasteiger partial charge in [-0.3, -0.25) is 9.89 Å². The number of aryl methyl sites for hydroxylation is 1. The van der Waals surface area contributed by atoms with Crippen LogP contribution < -0.4 is 10.6 Å². The molecule has 1 saturated heterocycles. The van der Waals surface area contributed by atoms with Crippen LogP contribution in [0.3, 0.4) is 0 Å². The van der Waals surface area contributed by atoms with Gasteiger partial charge in [-0.2, -0.15) is 0 Å². The largest absolute Gasteiger partial charge is 0.465 e. The molecule has 0 bridgehead atoms. The Labute approximate surface area is 209 Å². The Kier molecular flexibility index (Phi) is 12.1. The zero-order valence-corrected chi connectivity index (χ0v) is 21.7. The molecule has 2 unspecified atom stereocenters. The van der Waals surface area contributed by atoms with Crippen molar-refractivity contribution in [2.75, 3.05) is 53.0 Å². The first-order chi connectivity index (χ1) is 15.2. The molecule has 0 saturated carbocycles. The van der Waals surface area contributed by atoms with E-state index >= 15 is 0 Å². The molecule has 1 aromatic heterocycles. The van der Waals surface area contributed by atoms with Crippen molar-refractivity contribution in [3.8, 4) is 0 Å². The van der Waals surface area contributed by atoms with Crippen molar-refractivity contribution < 1.29 is 13.9 Å². The van der Waals surface area contributed by atoms with E-state index in [-0.39, 0.29) is 36.1 Å². The molecule has 3 rings (SSSR count). The van der Waals surface area contributed by atoms with Crippen LogP contribution in [-0.2, 0) is 9.47 Å². The van der Waals surface area contributed by atoms with Crippen LogP contribution in [0.5, 0.6) is 0 Å². The van der Waals surface area contributed by atoms with E-state index in [4.69, 9.17) is 13.9 Å². The van der Waals surface area contributed by atoms with Gasteiger partial charge in [0.05, 0.1) is 25.4 Å². The van der Waals surface area contributed by atoms with Gasteiger partial charge in [0.15, 0.2) is 5.96 Å². The van der Waals surface area contributed by atoms with Gasteiger partial charge in [0, 0.05) is 39.8 Å². The lowest BCUT2D eigenvalue weighted by molar-refractivity contribution is 0.0124. The van der Waals surface area contributed by atoms with E-state index in [1.165, 1.54) is 5.56 Å². The van der Waals surface area contributed by atoms with Crippen LogP contribution in [0.25, 0.3) is 0 Å². The first-order valence-corrected chi connectivity index (χ1v) is 11.2. The van der Waals surface area contributed by atoms with Crippen molar-refractivity contribution in [2.45, 2.75) is 32.4 Å². The fourth-order valence-electron chi connectivity index (χ4n) is 3.70. The van der Waals surface area contributed by atoms with Crippen LogP contribution in [0.15, 0.2) is 51.9 Å². The Bertz CT molecular complexity index is 794. The van der Waals surface area contributed by atoms with Crippen molar-refractivity contribution in [1.29, 1.82) is 0 Å². The van der Waals surface area contributed by atoms with E-state index in [1.807, 2.05) is 31.2 Å². The highest BCUT2D eigenvalue weighted by molar-refractivity contribution is 14.0. The Morgan fingerprint density at radius 3 is 2.53 bits per heavy atom. The molecule has 0 aliphatic carbocycles. The van der Waals surface area contributed by atoms with Gasteiger partial charge in [-0.25, -0.2) is 0 Å². The highest BCUT2D eigenvalue weighted by atomic mass is 127. The van der Waals surface area contributed by atoms with Crippen LogP contribution in [0, 0.1) is 6.92 Å². The smallest absolute Gasteiger partial charge is 0.191 e. The average Bonchev–Trinajstić information content (AvgIpc) is 3.24. The molecule has 7 nitrogen and oxygen atoms in total.